The molecule has 0 saturated carbocycles. The third-order valence-electron chi connectivity index (χ3n) is 3.35. The molecule has 1 unspecified atom stereocenters. The summed E-state index contributed by atoms with van der Waals surface area (Å²) in [4.78, 5) is 0. The molecule has 2 aromatic carbocycles. The molecule has 0 radical (unpaired) electrons. The van der Waals surface area contributed by atoms with Crippen molar-refractivity contribution < 1.29 is 4.74 Å². The molecule has 0 bridgehead atoms. The van der Waals surface area contributed by atoms with Crippen LogP contribution in [0.25, 0.3) is 0 Å². The fraction of sp³-hybridized carbons (Fsp3) is 0.222. The maximum atomic E-state index is 9.31. The number of hydrogen-bond acceptors (Lipinski definition) is 3. The van der Waals surface area contributed by atoms with Gasteiger partial charge in [0.15, 0.2) is 0 Å². The quantitative estimate of drug-likeness (QED) is 0.811. The van der Waals surface area contributed by atoms with E-state index in [1.807, 2.05) is 31.2 Å². The molecule has 0 N–H and O–H groups in total. The van der Waals surface area contributed by atoms with Crippen molar-refractivity contribution in [3.05, 3.63) is 64.2 Å². The summed E-state index contributed by atoms with van der Waals surface area (Å²) in [7, 11) is 0. The molecule has 0 saturated heterocycles. The van der Waals surface area contributed by atoms with Crippen molar-refractivity contribution in [2.24, 2.45) is 0 Å². The summed E-state index contributed by atoms with van der Waals surface area (Å²) in [6, 6.07) is 17.0. The van der Waals surface area contributed by atoms with Gasteiger partial charge in [-0.3, -0.25) is 0 Å². The minimum Gasteiger partial charge on any atom is -0.492 e. The lowest BCUT2D eigenvalue weighted by atomic mass is 9.97. The first-order chi connectivity index (χ1) is 10.6. The normalized spacial score (nSPS) is 11.3. The number of nitriles is 2. The number of aryl methyl sites for hydroxylation is 1. The Balaban J connectivity index is 1.98. The van der Waals surface area contributed by atoms with Crippen molar-refractivity contribution >= 4 is 11.6 Å². The third-order valence-corrected chi connectivity index (χ3v) is 3.66. The number of ether oxygens (including phenoxy) is 1. The van der Waals surface area contributed by atoms with E-state index in [1.165, 1.54) is 0 Å². The first-order valence-corrected chi connectivity index (χ1v) is 7.30. The van der Waals surface area contributed by atoms with Gasteiger partial charge in [-0.1, -0.05) is 29.8 Å². The topological polar surface area (TPSA) is 56.8 Å². The summed E-state index contributed by atoms with van der Waals surface area (Å²) in [5.41, 5.74) is 2.55. The van der Waals surface area contributed by atoms with Crippen LogP contribution in [0.3, 0.4) is 0 Å². The molecule has 0 spiro atoms. The van der Waals surface area contributed by atoms with Crippen molar-refractivity contribution in [3.8, 4) is 17.9 Å². The molecule has 2 rings (SSSR count). The molecule has 110 valence electrons. The molecule has 4 heteroatoms. The lowest BCUT2D eigenvalue weighted by molar-refractivity contribution is 0.306. The Morgan fingerprint density at radius 3 is 2.50 bits per heavy atom. The predicted octanol–water partition coefficient (Wildman–Crippen LogP) is 4.60. The maximum absolute atomic E-state index is 9.31. The average Bonchev–Trinajstić information content (AvgIpc) is 2.55. The van der Waals surface area contributed by atoms with Gasteiger partial charge >= 0.3 is 0 Å². The molecule has 22 heavy (non-hydrogen) atoms. The van der Waals surface area contributed by atoms with E-state index in [-0.39, 0.29) is 5.92 Å². The standard InChI is InChI=1S/C18H15ClN2O/c1-13-2-7-17(19)18(10-13)22-9-8-16(12-21)15-5-3-14(11-20)4-6-15/h2-7,10,16H,8-9H2,1H3. The van der Waals surface area contributed by atoms with E-state index in [1.54, 1.807) is 18.2 Å². The van der Waals surface area contributed by atoms with Crippen molar-refractivity contribution in [1.29, 1.82) is 10.5 Å². The number of hydrogen-bond donors (Lipinski definition) is 0. The van der Waals surface area contributed by atoms with Crippen LogP contribution in [0.15, 0.2) is 42.5 Å². The van der Waals surface area contributed by atoms with Crippen LogP contribution < -0.4 is 4.74 Å². The lowest BCUT2D eigenvalue weighted by Crippen LogP contribution is -2.05. The fourth-order valence-corrected chi connectivity index (χ4v) is 2.28. The van der Waals surface area contributed by atoms with Gasteiger partial charge in [0.2, 0.25) is 0 Å². The van der Waals surface area contributed by atoms with Gasteiger partial charge in [-0.05, 0) is 42.3 Å². The first kappa shape index (κ1) is 15.9. The van der Waals surface area contributed by atoms with E-state index in [4.69, 9.17) is 21.6 Å². The highest BCUT2D eigenvalue weighted by Gasteiger charge is 2.11. The van der Waals surface area contributed by atoms with Gasteiger partial charge in [0.1, 0.15) is 5.75 Å². The van der Waals surface area contributed by atoms with E-state index in [2.05, 4.69) is 12.1 Å². The summed E-state index contributed by atoms with van der Waals surface area (Å²) in [5, 5.41) is 18.7. The van der Waals surface area contributed by atoms with E-state index < -0.39 is 0 Å². The Morgan fingerprint density at radius 1 is 1.14 bits per heavy atom. The highest BCUT2D eigenvalue weighted by Crippen LogP contribution is 2.26. The van der Waals surface area contributed by atoms with Crippen molar-refractivity contribution in [1.82, 2.24) is 0 Å². The van der Waals surface area contributed by atoms with E-state index >= 15 is 0 Å². The summed E-state index contributed by atoms with van der Waals surface area (Å²) in [6.45, 7) is 2.37. The van der Waals surface area contributed by atoms with E-state index in [0.717, 1.165) is 11.1 Å². The number of rotatable bonds is 5. The van der Waals surface area contributed by atoms with Gasteiger partial charge in [-0.25, -0.2) is 0 Å². The average molecular weight is 311 g/mol. The van der Waals surface area contributed by atoms with Crippen LogP contribution in [0.5, 0.6) is 5.75 Å². The highest BCUT2D eigenvalue weighted by molar-refractivity contribution is 6.32. The molecule has 0 fully saturated rings. The Kier molecular flexibility index (Phi) is 5.42. The molecule has 0 aliphatic carbocycles. The number of nitrogens with zero attached hydrogens (tertiary/aromatic N) is 2. The van der Waals surface area contributed by atoms with Gasteiger partial charge < -0.3 is 4.74 Å². The van der Waals surface area contributed by atoms with E-state index in [0.29, 0.717) is 29.4 Å². The zero-order chi connectivity index (χ0) is 15.9. The van der Waals surface area contributed by atoms with Crippen LogP contribution in [0.2, 0.25) is 5.02 Å². The zero-order valence-electron chi connectivity index (χ0n) is 12.2. The largest absolute Gasteiger partial charge is 0.492 e. The Bertz CT molecular complexity index is 726. The summed E-state index contributed by atoms with van der Waals surface area (Å²) < 4.78 is 5.68. The molecule has 0 heterocycles. The summed E-state index contributed by atoms with van der Waals surface area (Å²) in [6.07, 6.45) is 0.562. The number of benzene rings is 2. The van der Waals surface area contributed by atoms with Crippen molar-refractivity contribution in [3.63, 3.8) is 0 Å². The summed E-state index contributed by atoms with van der Waals surface area (Å²) in [5.74, 6) is 0.370. The molecular weight excluding hydrogens is 296 g/mol. The first-order valence-electron chi connectivity index (χ1n) is 6.92. The second kappa shape index (κ2) is 7.50. The minimum absolute atomic E-state index is 0.267. The van der Waals surface area contributed by atoms with Gasteiger partial charge in [-0.15, -0.1) is 0 Å². The lowest BCUT2D eigenvalue weighted by Gasteiger charge is -2.12. The van der Waals surface area contributed by atoms with Crippen LogP contribution in [-0.2, 0) is 0 Å². The Morgan fingerprint density at radius 2 is 1.86 bits per heavy atom. The molecule has 3 nitrogen and oxygen atoms in total. The molecule has 0 aliphatic rings. The maximum Gasteiger partial charge on any atom is 0.138 e. The molecule has 0 aromatic heterocycles. The molecule has 2 aromatic rings. The highest BCUT2D eigenvalue weighted by atomic mass is 35.5. The van der Waals surface area contributed by atoms with Crippen molar-refractivity contribution in [2.75, 3.05) is 6.61 Å². The van der Waals surface area contributed by atoms with Crippen LogP contribution in [0, 0.1) is 29.6 Å². The second-order valence-corrected chi connectivity index (χ2v) is 5.39. The van der Waals surface area contributed by atoms with Gasteiger partial charge in [0.25, 0.3) is 0 Å². The second-order valence-electron chi connectivity index (χ2n) is 4.99. The number of halogens is 1. The van der Waals surface area contributed by atoms with Gasteiger partial charge in [-0.2, -0.15) is 10.5 Å². The predicted molar refractivity (Wildman–Crippen MR) is 85.8 cm³/mol. The molecular formula is C18H15ClN2O. The zero-order valence-corrected chi connectivity index (χ0v) is 13.0. The van der Waals surface area contributed by atoms with Crippen LogP contribution in [0.4, 0.5) is 0 Å². The van der Waals surface area contributed by atoms with E-state index in [9.17, 15) is 5.26 Å². The SMILES string of the molecule is Cc1ccc(Cl)c(OCCC(C#N)c2ccc(C#N)cc2)c1. The van der Waals surface area contributed by atoms with Gasteiger partial charge in [0.05, 0.1) is 35.2 Å². The summed E-state index contributed by atoms with van der Waals surface area (Å²) >= 11 is 6.08. The minimum atomic E-state index is -0.267. The smallest absolute Gasteiger partial charge is 0.138 e. The third kappa shape index (κ3) is 4.01. The van der Waals surface area contributed by atoms with Crippen LogP contribution >= 0.6 is 11.6 Å². The Hall–Kier alpha value is -2.49. The molecule has 0 aliphatic heterocycles. The van der Waals surface area contributed by atoms with Crippen LogP contribution in [0.1, 0.15) is 29.0 Å². The fourth-order valence-electron chi connectivity index (χ4n) is 2.10. The molecule has 0 amide bonds. The van der Waals surface area contributed by atoms with Crippen LogP contribution in [-0.4, -0.2) is 6.61 Å². The van der Waals surface area contributed by atoms with Gasteiger partial charge in [0, 0.05) is 6.42 Å². The van der Waals surface area contributed by atoms with Crippen molar-refractivity contribution in [2.45, 2.75) is 19.3 Å². The Labute approximate surface area is 135 Å². The monoisotopic (exact) mass is 310 g/mol. The molecule has 1 atom stereocenters.